The molecule has 0 aliphatic rings. The molecule has 0 aromatic heterocycles. The van der Waals surface area contributed by atoms with Crippen molar-refractivity contribution in [3.8, 4) is 0 Å². The van der Waals surface area contributed by atoms with E-state index in [0.717, 1.165) is 0 Å². The molecule has 0 amide bonds. The van der Waals surface area contributed by atoms with Gasteiger partial charge in [-0.25, -0.2) is 0 Å². The third kappa shape index (κ3) is 84.2. The molecule has 0 fully saturated rings. The summed E-state index contributed by atoms with van der Waals surface area (Å²) in [4.78, 5) is 0. The van der Waals surface area contributed by atoms with Crippen molar-refractivity contribution in [3.63, 3.8) is 0 Å². The van der Waals surface area contributed by atoms with Crippen molar-refractivity contribution in [1.82, 2.24) is 0 Å². The molecule has 0 aliphatic heterocycles. The number of rotatable bonds is 5. The van der Waals surface area contributed by atoms with Crippen molar-refractivity contribution in [2.45, 2.75) is 117 Å². The Hall–Kier alpha value is 5.50. The van der Waals surface area contributed by atoms with Crippen LogP contribution in [0.15, 0.2) is 0 Å². The van der Waals surface area contributed by atoms with E-state index in [4.69, 9.17) is 0 Å². The molecule has 10 heteroatoms. The molecule has 0 rings (SSSR count). The van der Waals surface area contributed by atoms with E-state index in [9.17, 15) is 0 Å². The quantitative estimate of drug-likeness (QED) is 0.255. The molecule has 0 spiro atoms. The normalized spacial score (nSPS) is 12.0. The first-order valence-corrected chi connectivity index (χ1v) is 41.7. The monoisotopic (exact) mass is 1480 g/mol. The average Bonchev–Trinajstić information content (AvgIpc) is 2.54. The fourth-order valence-corrected chi connectivity index (χ4v) is 0. The number of hydrogen-bond acceptors (Lipinski definition) is 0. The Morgan fingerprint density at radius 3 is 0.300 bits per heavy atom. The molecule has 0 aromatic carbocycles. The first kappa shape index (κ1) is 45.4. The van der Waals surface area contributed by atoms with Crippen LogP contribution < -0.4 is 0 Å². The van der Waals surface area contributed by atoms with Gasteiger partial charge >= 0.3 is 281 Å². The Balaban J connectivity index is -0.0000000868. The summed E-state index contributed by atoms with van der Waals surface area (Å²) < 4.78 is 7.60. The number of hydrogen-bond donors (Lipinski definition) is 0. The Morgan fingerprint density at radius 2 is 0.300 bits per heavy atom. The first-order chi connectivity index (χ1) is 12.8. The van der Waals surface area contributed by atoms with E-state index in [0.29, 0.717) is 0 Å². The molecule has 0 atom stereocenters. The summed E-state index contributed by atoms with van der Waals surface area (Å²) in [6, 6.07) is 0. The molecule has 10 radical (unpaired) electrons. The zero-order chi connectivity index (χ0) is 26.0. The molecule has 0 aromatic rings. The Morgan fingerprint density at radius 1 is 0.267 bits per heavy atom. The van der Waals surface area contributed by atoms with Gasteiger partial charge in [0.2, 0.25) is 0 Å². The van der Waals surface area contributed by atoms with Crippen LogP contribution in [0.5, 0.6) is 0 Å². The predicted octanol–water partition coefficient (Wildman–Crippen LogP) is 7.25. The Kier molecular flexibility index (Phi) is 35.7. The van der Waals surface area contributed by atoms with Gasteiger partial charge in [-0.15, -0.1) is 0 Å². The van der Waals surface area contributed by atoms with Crippen molar-refractivity contribution < 1.29 is 0 Å². The SMILES string of the molecule is C[Si](C)(C)[CH2][Bi].C[Si](C)(C)[CH2][Bi].C[Si](C)(C)[CH2][Bi].C[Si](C)(C)[CH2][Bi].C[Si](C)(C)[CH2][Bi]. The Bertz CT molecular complexity index is 268. The summed E-state index contributed by atoms with van der Waals surface area (Å²) >= 11 is 7.91. The molecule has 0 bridgehead atoms. The summed E-state index contributed by atoms with van der Waals surface area (Å²) in [7, 11) is -2.91. The molecular formula is C20H55Bi5Si5. The molecule has 0 N–H and O–H groups in total. The maximum atomic E-state index is 2.41. The zero-order valence-electron chi connectivity index (χ0n) is 23.3. The summed E-state index contributed by atoms with van der Waals surface area (Å²) in [6.45, 7) is 36.1. The molecule has 30 heavy (non-hydrogen) atoms. The second kappa shape index (κ2) is 23.6. The van der Waals surface area contributed by atoms with Crippen LogP contribution in [0, 0.1) is 0 Å². The van der Waals surface area contributed by atoms with E-state index in [-0.39, 0.29) is 0 Å². The van der Waals surface area contributed by atoms with Gasteiger partial charge in [0, 0.05) is 0 Å². The summed E-state index contributed by atoms with van der Waals surface area (Å²) in [5, 5.41) is 0. The van der Waals surface area contributed by atoms with Crippen molar-refractivity contribution in [2.24, 2.45) is 0 Å². The van der Waals surface area contributed by atoms with Crippen LogP contribution in [-0.4, -0.2) is 164 Å². The van der Waals surface area contributed by atoms with Gasteiger partial charge in [0.1, 0.15) is 0 Å². The molecule has 0 saturated carbocycles. The van der Waals surface area contributed by atoms with Gasteiger partial charge in [-0.2, -0.15) is 0 Å². The van der Waals surface area contributed by atoms with Crippen LogP contribution in [-0.2, 0) is 0 Å². The van der Waals surface area contributed by atoms with Crippen LogP contribution in [0.3, 0.4) is 0 Å². The minimum atomic E-state index is -0.582. The van der Waals surface area contributed by atoms with Gasteiger partial charge in [-0.05, 0) is 0 Å². The van der Waals surface area contributed by atoms with Crippen molar-refractivity contribution >= 4 is 164 Å². The molecule has 0 aliphatic carbocycles. The van der Waals surface area contributed by atoms with Crippen LogP contribution >= 0.6 is 0 Å². The van der Waals surface area contributed by atoms with Crippen LogP contribution in [0.25, 0.3) is 0 Å². The van der Waals surface area contributed by atoms with Gasteiger partial charge in [-0.3, -0.25) is 0 Å². The van der Waals surface area contributed by atoms with Crippen molar-refractivity contribution in [1.29, 1.82) is 0 Å². The van der Waals surface area contributed by atoms with Crippen LogP contribution in [0.2, 0.25) is 117 Å². The topological polar surface area (TPSA) is 0 Å². The van der Waals surface area contributed by atoms with E-state index in [1.165, 1.54) is 18.8 Å². The molecule has 0 nitrogen and oxygen atoms in total. The maximum absolute atomic E-state index is 2.41. The van der Waals surface area contributed by atoms with Gasteiger partial charge < -0.3 is 0 Å². The van der Waals surface area contributed by atoms with Gasteiger partial charge in [0.25, 0.3) is 0 Å². The van der Waals surface area contributed by atoms with Gasteiger partial charge in [-0.1, -0.05) is 0 Å². The van der Waals surface area contributed by atoms with E-state index < -0.39 is 40.4 Å². The molecule has 0 heterocycles. The fraction of sp³-hybridized carbons (Fsp3) is 1.00. The third-order valence-electron chi connectivity index (χ3n) is 2.37. The molecule has 0 unspecified atom stereocenters. The standard InChI is InChI=1S/5C4H11Si.5Bi/c5*1-5(2,3)4;;;;;/h5*1H2,2-4H3;;;;;. The zero-order valence-corrected chi connectivity index (χ0v) is 45.7. The average molecular weight is 1480 g/mol. The van der Waals surface area contributed by atoms with E-state index in [1.807, 2.05) is 0 Å². The van der Waals surface area contributed by atoms with Crippen LogP contribution in [0.4, 0.5) is 0 Å². The summed E-state index contributed by atoms with van der Waals surface area (Å²) in [6.07, 6.45) is 0. The van der Waals surface area contributed by atoms with Crippen LogP contribution in [0.1, 0.15) is 0 Å². The minimum absolute atomic E-state index is 0.582. The molecular weight excluding hydrogens is 1430 g/mol. The molecule has 0 saturated heterocycles. The fourth-order valence-electron chi connectivity index (χ4n) is 0. The summed E-state index contributed by atoms with van der Waals surface area (Å²) in [5.74, 6) is 0. The first-order valence-electron chi connectivity index (χ1n) is 10.8. The second-order valence-electron chi connectivity index (χ2n) is 13.6. The van der Waals surface area contributed by atoms with Gasteiger partial charge in [0.15, 0.2) is 0 Å². The molecule has 180 valence electrons. The van der Waals surface area contributed by atoms with E-state index >= 15 is 0 Å². The Labute approximate surface area is 275 Å². The third-order valence-corrected chi connectivity index (χ3v) is 62.4. The predicted molar refractivity (Wildman–Crippen MR) is 170 cm³/mol. The van der Waals surface area contributed by atoms with Crippen molar-refractivity contribution in [3.05, 3.63) is 0 Å². The van der Waals surface area contributed by atoms with E-state index in [1.54, 1.807) is 124 Å². The summed E-state index contributed by atoms with van der Waals surface area (Å²) in [5.41, 5.74) is 0. The van der Waals surface area contributed by atoms with Crippen molar-refractivity contribution in [2.75, 3.05) is 0 Å². The second-order valence-corrected chi connectivity index (χ2v) is 59.2. The van der Waals surface area contributed by atoms with E-state index in [2.05, 4.69) is 98.2 Å². The van der Waals surface area contributed by atoms with Gasteiger partial charge in [0.05, 0.1) is 0 Å².